The smallest absolute Gasteiger partial charge is 0.358 e. The summed E-state index contributed by atoms with van der Waals surface area (Å²) in [6.07, 6.45) is 2.45. The second kappa shape index (κ2) is 5.43. The first-order valence-corrected chi connectivity index (χ1v) is 5.61. The van der Waals surface area contributed by atoms with Gasteiger partial charge < -0.3 is 10.4 Å². The van der Waals surface area contributed by atoms with Gasteiger partial charge in [0.15, 0.2) is 11.5 Å². The van der Waals surface area contributed by atoms with Crippen LogP contribution in [0, 0.1) is 12.7 Å². The van der Waals surface area contributed by atoms with E-state index in [0.717, 1.165) is 6.07 Å². The summed E-state index contributed by atoms with van der Waals surface area (Å²) in [4.78, 5) is 30.3. The van der Waals surface area contributed by atoms with Crippen LogP contribution < -0.4 is 5.32 Å². The number of carboxylic acids is 1. The first kappa shape index (κ1) is 13.6. The molecule has 0 fully saturated rings. The van der Waals surface area contributed by atoms with Crippen molar-refractivity contribution in [1.82, 2.24) is 9.97 Å². The predicted molar refractivity (Wildman–Crippen MR) is 68.1 cm³/mol. The average Bonchev–Trinajstić information content (AvgIpc) is 2.41. The zero-order valence-corrected chi connectivity index (χ0v) is 10.4. The third kappa shape index (κ3) is 2.77. The molecule has 0 saturated heterocycles. The fourth-order valence-electron chi connectivity index (χ4n) is 1.60. The zero-order chi connectivity index (χ0) is 14.7. The number of amides is 1. The van der Waals surface area contributed by atoms with Crippen molar-refractivity contribution in [1.29, 1.82) is 0 Å². The van der Waals surface area contributed by atoms with Gasteiger partial charge in [0.05, 0.1) is 0 Å². The Hall–Kier alpha value is -2.83. The van der Waals surface area contributed by atoms with Gasteiger partial charge in [0.1, 0.15) is 5.82 Å². The number of aryl methyl sites for hydroxylation is 1. The Morgan fingerprint density at radius 1 is 1.25 bits per heavy atom. The minimum Gasteiger partial charge on any atom is -0.476 e. The van der Waals surface area contributed by atoms with Gasteiger partial charge in [-0.2, -0.15) is 0 Å². The number of carbonyl (C=O) groups is 2. The van der Waals surface area contributed by atoms with Crippen molar-refractivity contribution in [3.05, 3.63) is 53.2 Å². The van der Waals surface area contributed by atoms with Crippen LogP contribution in [-0.2, 0) is 0 Å². The highest BCUT2D eigenvalue weighted by molar-refractivity contribution is 6.07. The molecule has 2 rings (SSSR count). The summed E-state index contributed by atoms with van der Waals surface area (Å²) in [7, 11) is 0. The predicted octanol–water partition coefficient (Wildman–Crippen LogP) is 1.87. The number of benzene rings is 1. The Labute approximate surface area is 113 Å². The molecular weight excluding hydrogens is 265 g/mol. The number of nitrogens with one attached hydrogen (secondary N) is 1. The number of halogens is 1. The Morgan fingerprint density at radius 3 is 2.65 bits per heavy atom. The number of nitrogens with zero attached hydrogens (tertiary/aromatic N) is 2. The van der Waals surface area contributed by atoms with Crippen molar-refractivity contribution in [3.8, 4) is 0 Å². The van der Waals surface area contributed by atoms with Crippen LogP contribution in [-0.4, -0.2) is 27.0 Å². The van der Waals surface area contributed by atoms with Crippen LogP contribution in [0.1, 0.15) is 26.4 Å². The van der Waals surface area contributed by atoms with E-state index in [1.165, 1.54) is 24.5 Å². The molecule has 0 unspecified atom stereocenters. The van der Waals surface area contributed by atoms with E-state index in [9.17, 15) is 14.0 Å². The fourth-order valence-corrected chi connectivity index (χ4v) is 1.60. The molecule has 0 bridgehead atoms. The molecule has 2 aromatic rings. The Balaban J connectivity index is 2.33. The molecule has 7 heteroatoms. The molecule has 1 heterocycles. The Morgan fingerprint density at radius 2 is 1.95 bits per heavy atom. The summed E-state index contributed by atoms with van der Waals surface area (Å²) < 4.78 is 13.2. The number of hydrogen-bond donors (Lipinski definition) is 2. The van der Waals surface area contributed by atoms with Crippen molar-refractivity contribution < 1.29 is 19.1 Å². The van der Waals surface area contributed by atoms with Crippen LogP contribution in [0.15, 0.2) is 30.6 Å². The van der Waals surface area contributed by atoms with E-state index in [0.29, 0.717) is 5.56 Å². The number of anilines is 1. The normalized spacial score (nSPS) is 10.1. The van der Waals surface area contributed by atoms with Crippen molar-refractivity contribution in [3.63, 3.8) is 0 Å². The molecule has 20 heavy (non-hydrogen) atoms. The molecule has 0 saturated carbocycles. The van der Waals surface area contributed by atoms with Crippen molar-refractivity contribution in [2.45, 2.75) is 6.92 Å². The minimum absolute atomic E-state index is 0.104. The van der Waals surface area contributed by atoms with Crippen LogP contribution in [0.4, 0.5) is 10.2 Å². The third-order valence-electron chi connectivity index (χ3n) is 2.58. The second-order valence-corrected chi connectivity index (χ2v) is 3.97. The molecule has 1 amide bonds. The average molecular weight is 275 g/mol. The van der Waals surface area contributed by atoms with E-state index in [2.05, 4.69) is 15.3 Å². The van der Waals surface area contributed by atoms with Crippen molar-refractivity contribution in [2.75, 3.05) is 5.32 Å². The monoisotopic (exact) mass is 275 g/mol. The number of carbonyl (C=O) groups excluding carboxylic acids is 1. The molecular formula is C13H10FN3O3. The van der Waals surface area contributed by atoms with Gasteiger partial charge in [0, 0.05) is 18.0 Å². The molecule has 1 aromatic carbocycles. The number of carboxylic acid groups (broad SMARTS) is 1. The first-order chi connectivity index (χ1) is 9.49. The highest BCUT2D eigenvalue weighted by Gasteiger charge is 2.17. The summed E-state index contributed by atoms with van der Waals surface area (Å²) in [6, 6.07) is 3.76. The molecule has 0 atom stereocenters. The number of aromatic nitrogens is 2. The first-order valence-electron chi connectivity index (χ1n) is 5.61. The highest BCUT2D eigenvalue weighted by atomic mass is 19.1. The SMILES string of the molecule is Cc1ccc(F)cc1C(=O)Nc1nccnc1C(=O)O. The van der Waals surface area contributed by atoms with Crippen LogP contribution in [0.3, 0.4) is 0 Å². The van der Waals surface area contributed by atoms with Crippen LogP contribution in [0.5, 0.6) is 0 Å². The van der Waals surface area contributed by atoms with E-state index in [4.69, 9.17) is 5.11 Å². The molecule has 0 aliphatic carbocycles. The summed E-state index contributed by atoms with van der Waals surface area (Å²) in [5, 5.41) is 11.3. The van der Waals surface area contributed by atoms with E-state index in [1.807, 2.05) is 0 Å². The largest absolute Gasteiger partial charge is 0.476 e. The summed E-state index contributed by atoms with van der Waals surface area (Å²) >= 11 is 0. The maximum absolute atomic E-state index is 13.2. The van der Waals surface area contributed by atoms with Gasteiger partial charge in [0.2, 0.25) is 0 Å². The topological polar surface area (TPSA) is 92.2 Å². The third-order valence-corrected chi connectivity index (χ3v) is 2.58. The van der Waals surface area contributed by atoms with Crippen molar-refractivity contribution >= 4 is 17.7 Å². The minimum atomic E-state index is -1.32. The fraction of sp³-hybridized carbons (Fsp3) is 0.0769. The Kier molecular flexibility index (Phi) is 3.69. The van der Waals surface area contributed by atoms with E-state index in [1.54, 1.807) is 6.92 Å². The maximum atomic E-state index is 13.2. The molecule has 0 radical (unpaired) electrons. The van der Waals surface area contributed by atoms with Gasteiger partial charge in [-0.05, 0) is 24.6 Å². The van der Waals surface area contributed by atoms with E-state index in [-0.39, 0.29) is 17.1 Å². The van der Waals surface area contributed by atoms with Crippen LogP contribution >= 0.6 is 0 Å². The number of rotatable bonds is 3. The molecule has 2 N–H and O–H groups in total. The van der Waals surface area contributed by atoms with E-state index >= 15 is 0 Å². The van der Waals surface area contributed by atoms with Gasteiger partial charge in [-0.15, -0.1) is 0 Å². The van der Waals surface area contributed by atoms with Gasteiger partial charge in [0.25, 0.3) is 5.91 Å². The van der Waals surface area contributed by atoms with Gasteiger partial charge >= 0.3 is 5.97 Å². The maximum Gasteiger partial charge on any atom is 0.358 e. The van der Waals surface area contributed by atoms with Crippen molar-refractivity contribution in [2.24, 2.45) is 0 Å². The van der Waals surface area contributed by atoms with Crippen LogP contribution in [0.2, 0.25) is 0 Å². The molecule has 6 nitrogen and oxygen atoms in total. The zero-order valence-electron chi connectivity index (χ0n) is 10.4. The standard InChI is InChI=1S/C13H10FN3O3/c1-7-2-3-8(14)6-9(7)12(18)17-11-10(13(19)20)15-4-5-16-11/h2-6H,1H3,(H,19,20)(H,16,17,18). The van der Waals surface area contributed by atoms with Gasteiger partial charge in [-0.3, -0.25) is 4.79 Å². The molecule has 0 spiro atoms. The second-order valence-electron chi connectivity index (χ2n) is 3.97. The summed E-state index contributed by atoms with van der Waals surface area (Å²) in [5.41, 5.74) is 0.284. The molecule has 102 valence electrons. The molecule has 0 aliphatic heterocycles. The Bertz CT molecular complexity index is 688. The molecule has 1 aromatic heterocycles. The summed E-state index contributed by atoms with van der Waals surface area (Å²) in [5.74, 6) is -2.71. The summed E-state index contributed by atoms with van der Waals surface area (Å²) in [6.45, 7) is 1.64. The van der Waals surface area contributed by atoms with Gasteiger partial charge in [-0.25, -0.2) is 19.2 Å². The van der Waals surface area contributed by atoms with E-state index < -0.39 is 17.7 Å². The lowest BCUT2D eigenvalue weighted by atomic mass is 10.1. The number of hydrogen-bond acceptors (Lipinski definition) is 4. The number of aromatic carboxylic acids is 1. The highest BCUT2D eigenvalue weighted by Crippen LogP contribution is 2.14. The lowest BCUT2D eigenvalue weighted by Crippen LogP contribution is -2.18. The molecule has 0 aliphatic rings. The van der Waals surface area contributed by atoms with Gasteiger partial charge in [-0.1, -0.05) is 6.07 Å². The lowest BCUT2D eigenvalue weighted by Gasteiger charge is -2.08. The van der Waals surface area contributed by atoms with Crippen LogP contribution in [0.25, 0.3) is 0 Å². The lowest BCUT2D eigenvalue weighted by molar-refractivity contribution is 0.0691. The quantitative estimate of drug-likeness (QED) is 0.892.